The van der Waals surface area contributed by atoms with E-state index in [1.54, 1.807) is 5.70 Å². The summed E-state index contributed by atoms with van der Waals surface area (Å²) in [5.74, 6) is 0.611. The van der Waals surface area contributed by atoms with Gasteiger partial charge in [0.05, 0.1) is 0 Å². The van der Waals surface area contributed by atoms with Crippen LogP contribution in [-0.4, -0.2) is 30.6 Å². The number of rotatable bonds is 12. The summed E-state index contributed by atoms with van der Waals surface area (Å²) in [6, 6.07) is 9.62. The van der Waals surface area contributed by atoms with Gasteiger partial charge in [0.2, 0.25) is 0 Å². The van der Waals surface area contributed by atoms with E-state index in [1.807, 2.05) is 0 Å². The second kappa shape index (κ2) is 10.2. The zero-order chi connectivity index (χ0) is 18.2. The first-order chi connectivity index (χ1) is 12.8. The number of likely N-dealkylation sites (tertiary alicyclic amines) is 1. The van der Waals surface area contributed by atoms with E-state index in [4.69, 9.17) is 0 Å². The summed E-state index contributed by atoms with van der Waals surface area (Å²) in [5, 5.41) is 3.77. The summed E-state index contributed by atoms with van der Waals surface area (Å²) in [6.45, 7) is 8.18. The molecule has 1 aliphatic heterocycles. The predicted octanol–water partition coefficient (Wildman–Crippen LogP) is 5.95. The molecule has 1 unspecified atom stereocenters. The van der Waals surface area contributed by atoms with Gasteiger partial charge in [-0.2, -0.15) is 0 Å². The molecule has 0 aromatic heterocycles. The summed E-state index contributed by atoms with van der Waals surface area (Å²) >= 11 is 0. The van der Waals surface area contributed by atoms with Crippen LogP contribution in [0.5, 0.6) is 0 Å². The SMILES string of the molecule is CCCCCCCCCCNC1CN(C2=Cc3ccccc3C2CC)C1. The first-order valence-electron chi connectivity index (χ1n) is 11.1. The standard InChI is InChI=1S/C24H38N2/c1-3-5-6-7-8-9-10-13-16-25-21-18-26(19-21)24-17-20-14-11-12-15-23(20)22(24)4-2/h11-12,14-15,17,21-22,25H,3-10,13,16,18-19H2,1-2H3. The van der Waals surface area contributed by atoms with Crippen molar-refractivity contribution in [1.82, 2.24) is 10.2 Å². The lowest BCUT2D eigenvalue weighted by atomic mass is 9.94. The van der Waals surface area contributed by atoms with Crippen molar-refractivity contribution in [1.29, 1.82) is 0 Å². The van der Waals surface area contributed by atoms with E-state index in [2.05, 4.69) is 54.4 Å². The molecule has 144 valence electrons. The molecular formula is C24H38N2. The second-order valence-electron chi connectivity index (χ2n) is 8.19. The number of unbranched alkanes of at least 4 members (excludes halogenated alkanes) is 7. The molecular weight excluding hydrogens is 316 g/mol. The minimum atomic E-state index is 0.611. The van der Waals surface area contributed by atoms with E-state index in [-0.39, 0.29) is 0 Å². The van der Waals surface area contributed by atoms with Gasteiger partial charge in [0.1, 0.15) is 0 Å². The van der Waals surface area contributed by atoms with Gasteiger partial charge in [0.15, 0.2) is 0 Å². The number of nitrogens with one attached hydrogen (secondary N) is 1. The van der Waals surface area contributed by atoms with Crippen LogP contribution < -0.4 is 5.32 Å². The van der Waals surface area contributed by atoms with E-state index in [0.29, 0.717) is 12.0 Å². The first kappa shape index (κ1) is 19.5. The molecule has 0 amide bonds. The molecule has 1 aromatic carbocycles. The van der Waals surface area contributed by atoms with Crippen LogP contribution in [0.1, 0.15) is 88.7 Å². The van der Waals surface area contributed by atoms with Crippen LogP contribution in [0.25, 0.3) is 6.08 Å². The average Bonchev–Trinajstić information content (AvgIpc) is 2.99. The Morgan fingerprint density at radius 2 is 1.62 bits per heavy atom. The second-order valence-corrected chi connectivity index (χ2v) is 8.19. The van der Waals surface area contributed by atoms with Crippen molar-refractivity contribution in [3.63, 3.8) is 0 Å². The summed E-state index contributed by atoms with van der Waals surface area (Å²) in [7, 11) is 0. The average molecular weight is 355 g/mol. The van der Waals surface area contributed by atoms with Crippen LogP contribution in [0.2, 0.25) is 0 Å². The molecule has 2 heteroatoms. The highest BCUT2D eigenvalue weighted by Crippen LogP contribution is 2.41. The lowest BCUT2D eigenvalue weighted by Gasteiger charge is -2.44. The quantitative estimate of drug-likeness (QED) is 0.467. The zero-order valence-electron chi connectivity index (χ0n) is 17.0. The van der Waals surface area contributed by atoms with Gasteiger partial charge >= 0.3 is 0 Å². The summed E-state index contributed by atoms with van der Waals surface area (Å²) < 4.78 is 0. The Balaban J connectivity index is 1.28. The van der Waals surface area contributed by atoms with Crippen LogP contribution in [0.4, 0.5) is 0 Å². The third-order valence-electron chi connectivity index (χ3n) is 6.15. The van der Waals surface area contributed by atoms with Gasteiger partial charge < -0.3 is 10.2 Å². The van der Waals surface area contributed by atoms with Gasteiger partial charge in [-0.25, -0.2) is 0 Å². The van der Waals surface area contributed by atoms with Crippen LogP contribution in [0.15, 0.2) is 30.0 Å². The highest BCUT2D eigenvalue weighted by atomic mass is 15.3. The molecule has 0 saturated carbocycles. The maximum absolute atomic E-state index is 3.77. The van der Waals surface area contributed by atoms with E-state index >= 15 is 0 Å². The minimum absolute atomic E-state index is 0.611. The molecule has 1 N–H and O–H groups in total. The molecule has 1 heterocycles. The monoisotopic (exact) mass is 354 g/mol. The fourth-order valence-electron chi connectivity index (χ4n) is 4.50. The first-order valence-corrected chi connectivity index (χ1v) is 11.1. The molecule has 0 bridgehead atoms. The molecule has 3 rings (SSSR count). The predicted molar refractivity (Wildman–Crippen MR) is 113 cm³/mol. The van der Waals surface area contributed by atoms with Gasteiger partial charge in [-0.15, -0.1) is 0 Å². The van der Waals surface area contributed by atoms with Gasteiger partial charge in [0.25, 0.3) is 0 Å². The fraction of sp³-hybridized carbons (Fsp3) is 0.667. The third-order valence-corrected chi connectivity index (χ3v) is 6.15. The Labute approximate surface area is 161 Å². The maximum Gasteiger partial charge on any atom is 0.0420 e. The number of hydrogen-bond donors (Lipinski definition) is 1. The number of fused-ring (bicyclic) bond motifs is 1. The highest BCUT2D eigenvalue weighted by Gasteiger charge is 2.34. The van der Waals surface area contributed by atoms with Crippen molar-refractivity contribution < 1.29 is 0 Å². The molecule has 1 fully saturated rings. The van der Waals surface area contributed by atoms with Crippen molar-refractivity contribution in [2.75, 3.05) is 19.6 Å². The molecule has 1 atom stereocenters. The summed E-state index contributed by atoms with van der Waals surface area (Å²) in [6.07, 6.45) is 14.9. The third kappa shape index (κ3) is 4.91. The topological polar surface area (TPSA) is 15.3 Å². The summed E-state index contributed by atoms with van der Waals surface area (Å²) in [4.78, 5) is 2.60. The van der Waals surface area contributed by atoms with Gasteiger partial charge in [0, 0.05) is 30.7 Å². The zero-order valence-corrected chi connectivity index (χ0v) is 17.0. The van der Waals surface area contributed by atoms with E-state index in [0.717, 1.165) is 0 Å². The highest BCUT2D eigenvalue weighted by molar-refractivity contribution is 5.66. The molecule has 2 nitrogen and oxygen atoms in total. The maximum atomic E-state index is 3.77. The van der Waals surface area contributed by atoms with Crippen molar-refractivity contribution in [2.24, 2.45) is 0 Å². The van der Waals surface area contributed by atoms with Crippen molar-refractivity contribution >= 4 is 6.08 Å². The van der Waals surface area contributed by atoms with Crippen LogP contribution >= 0.6 is 0 Å². The Kier molecular flexibility index (Phi) is 7.61. The molecule has 2 aliphatic rings. The van der Waals surface area contributed by atoms with Crippen molar-refractivity contribution in [3.05, 3.63) is 41.1 Å². The molecule has 0 spiro atoms. The Morgan fingerprint density at radius 1 is 0.923 bits per heavy atom. The number of nitrogens with zero attached hydrogens (tertiary/aromatic N) is 1. The molecule has 0 radical (unpaired) electrons. The minimum Gasteiger partial charge on any atom is -0.371 e. The fourth-order valence-corrected chi connectivity index (χ4v) is 4.50. The molecule has 1 aromatic rings. The molecule has 26 heavy (non-hydrogen) atoms. The lowest BCUT2D eigenvalue weighted by Crippen LogP contribution is -2.57. The Morgan fingerprint density at radius 3 is 2.35 bits per heavy atom. The van der Waals surface area contributed by atoms with E-state index in [9.17, 15) is 0 Å². The number of allylic oxidation sites excluding steroid dienone is 1. The molecule has 1 aliphatic carbocycles. The number of hydrogen-bond acceptors (Lipinski definition) is 2. The van der Waals surface area contributed by atoms with Gasteiger partial charge in [-0.05, 0) is 36.6 Å². The molecule has 1 saturated heterocycles. The van der Waals surface area contributed by atoms with Crippen LogP contribution in [-0.2, 0) is 0 Å². The largest absolute Gasteiger partial charge is 0.371 e. The summed E-state index contributed by atoms with van der Waals surface area (Å²) in [5.41, 5.74) is 4.52. The Hall–Kier alpha value is -1.28. The van der Waals surface area contributed by atoms with Crippen LogP contribution in [0.3, 0.4) is 0 Å². The smallest absolute Gasteiger partial charge is 0.0420 e. The van der Waals surface area contributed by atoms with Crippen LogP contribution in [0, 0.1) is 0 Å². The lowest BCUT2D eigenvalue weighted by molar-refractivity contribution is 0.162. The number of benzene rings is 1. The van der Waals surface area contributed by atoms with E-state index < -0.39 is 0 Å². The Bertz CT molecular complexity index is 571. The van der Waals surface area contributed by atoms with Gasteiger partial charge in [-0.3, -0.25) is 0 Å². The van der Waals surface area contributed by atoms with E-state index in [1.165, 1.54) is 88.5 Å². The normalized spacial score (nSPS) is 19.4. The van der Waals surface area contributed by atoms with Crippen molar-refractivity contribution in [3.8, 4) is 0 Å². The van der Waals surface area contributed by atoms with Crippen molar-refractivity contribution in [2.45, 2.75) is 83.6 Å². The van der Waals surface area contributed by atoms with Gasteiger partial charge in [-0.1, -0.05) is 83.1 Å².